The lowest BCUT2D eigenvalue weighted by Crippen LogP contribution is -1.78. The van der Waals surface area contributed by atoms with Gasteiger partial charge in [-0.05, 0) is 12.0 Å². The molecule has 1 rings (SSSR count). The van der Waals surface area contributed by atoms with Gasteiger partial charge in [0.25, 0.3) is 0 Å². The van der Waals surface area contributed by atoms with Crippen molar-refractivity contribution in [3.8, 4) is 0 Å². The molecule has 0 heterocycles. The van der Waals surface area contributed by atoms with E-state index in [1.54, 1.807) is 0 Å². The van der Waals surface area contributed by atoms with Crippen molar-refractivity contribution >= 4 is 0 Å². The van der Waals surface area contributed by atoms with Crippen LogP contribution in [0.1, 0.15) is 26.3 Å². The first-order valence-electron chi connectivity index (χ1n) is 3.47. The van der Waals surface area contributed by atoms with Gasteiger partial charge in [0.1, 0.15) is 0 Å². The van der Waals surface area contributed by atoms with Crippen molar-refractivity contribution in [2.24, 2.45) is 0 Å². The molecule has 0 amide bonds. The van der Waals surface area contributed by atoms with Crippen LogP contribution in [-0.2, 0) is 6.42 Å². The highest BCUT2D eigenvalue weighted by atomic mass is 13.9. The van der Waals surface area contributed by atoms with E-state index < -0.39 is 0 Å². The minimum atomic E-state index is 0. The second-order valence-corrected chi connectivity index (χ2v) is 2.24. The summed E-state index contributed by atoms with van der Waals surface area (Å²) in [4.78, 5) is 0. The first-order chi connectivity index (χ1) is 4.43. The largest absolute Gasteiger partial charge is 0.0776 e. The minimum Gasteiger partial charge on any atom is -0.0776 e. The predicted octanol–water partition coefficient (Wildman–Crippen LogP) is 3.28. The van der Waals surface area contributed by atoms with Crippen molar-refractivity contribution in [3.63, 3.8) is 0 Å². The van der Waals surface area contributed by atoms with Crippen LogP contribution in [-0.4, -0.2) is 0 Å². The number of aryl methyl sites for hydroxylation is 1. The monoisotopic (exact) mass is 136 g/mol. The molecular formula is C10H16. The summed E-state index contributed by atoms with van der Waals surface area (Å²) in [5.41, 5.74) is 1.44. The maximum atomic E-state index is 2.20. The quantitative estimate of drug-likeness (QED) is 0.585. The Morgan fingerprint density at radius 2 is 1.70 bits per heavy atom. The van der Waals surface area contributed by atoms with Crippen molar-refractivity contribution in [2.45, 2.75) is 27.2 Å². The second-order valence-electron chi connectivity index (χ2n) is 2.24. The van der Waals surface area contributed by atoms with E-state index in [9.17, 15) is 0 Å². The van der Waals surface area contributed by atoms with Crippen LogP contribution in [0.15, 0.2) is 30.3 Å². The summed E-state index contributed by atoms with van der Waals surface area (Å²) in [6, 6.07) is 10.6. The summed E-state index contributed by atoms with van der Waals surface area (Å²) >= 11 is 0. The number of benzene rings is 1. The molecule has 0 nitrogen and oxygen atoms in total. The number of hydrogen-bond acceptors (Lipinski definition) is 0. The van der Waals surface area contributed by atoms with Gasteiger partial charge in [0, 0.05) is 0 Å². The van der Waals surface area contributed by atoms with E-state index >= 15 is 0 Å². The summed E-state index contributed by atoms with van der Waals surface area (Å²) in [6.45, 7) is 2.20. The van der Waals surface area contributed by atoms with E-state index in [0.717, 1.165) is 0 Å². The Bertz CT molecular complexity index is 153. The van der Waals surface area contributed by atoms with Gasteiger partial charge in [-0.1, -0.05) is 51.1 Å². The summed E-state index contributed by atoms with van der Waals surface area (Å²) < 4.78 is 0. The third-order valence-electron chi connectivity index (χ3n) is 1.38. The normalized spacial score (nSPS) is 8.50. The molecule has 0 radical (unpaired) electrons. The fourth-order valence-electron chi connectivity index (χ4n) is 0.933. The lowest BCUT2D eigenvalue weighted by atomic mass is 10.1. The highest BCUT2D eigenvalue weighted by Gasteiger charge is 1.84. The standard InChI is InChI=1S/C9H12.CH4/c1-2-6-9-7-4-3-5-8-9;/h3-5,7-8H,2,6H2,1H3;1H4. The van der Waals surface area contributed by atoms with Crippen LogP contribution >= 0.6 is 0 Å². The summed E-state index contributed by atoms with van der Waals surface area (Å²) in [5.74, 6) is 0. The fraction of sp³-hybridized carbons (Fsp3) is 0.400. The summed E-state index contributed by atoms with van der Waals surface area (Å²) in [7, 11) is 0. The Morgan fingerprint density at radius 3 is 2.20 bits per heavy atom. The van der Waals surface area contributed by atoms with E-state index in [-0.39, 0.29) is 7.43 Å². The van der Waals surface area contributed by atoms with E-state index in [1.807, 2.05) is 0 Å². The summed E-state index contributed by atoms with van der Waals surface area (Å²) in [6.07, 6.45) is 2.45. The van der Waals surface area contributed by atoms with Crippen molar-refractivity contribution in [1.29, 1.82) is 0 Å². The zero-order valence-electron chi connectivity index (χ0n) is 5.80. The fourth-order valence-corrected chi connectivity index (χ4v) is 0.933. The Morgan fingerprint density at radius 1 is 1.10 bits per heavy atom. The van der Waals surface area contributed by atoms with Crippen LogP contribution in [0.4, 0.5) is 0 Å². The van der Waals surface area contributed by atoms with Crippen LogP contribution in [0.3, 0.4) is 0 Å². The van der Waals surface area contributed by atoms with E-state index in [0.29, 0.717) is 0 Å². The zero-order chi connectivity index (χ0) is 6.53. The molecule has 0 heteroatoms. The van der Waals surface area contributed by atoms with Crippen molar-refractivity contribution in [2.75, 3.05) is 0 Å². The maximum absolute atomic E-state index is 2.20. The highest BCUT2D eigenvalue weighted by molar-refractivity contribution is 5.14. The molecule has 56 valence electrons. The van der Waals surface area contributed by atoms with Crippen molar-refractivity contribution in [3.05, 3.63) is 35.9 Å². The molecule has 10 heavy (non-hydrogen) atoms. The van der Waals surface area contributed by atoms with Crippen LogP contribution in [0, 0.1) is 0 Å². The minimum absolute atomic E-state index is 0. The van der Waals surface area contributed by atoms with E-state index in [2.05, 4.69) is 37.3 Å². The smallest absolute Gasteiger partial charge is 0.0281 e. The molecule has 0 fully saturated rings. The van der Waals surface area contributed by atoms with Gasteiger partial charge in [0.05, 0.1) is 0 Å². The number of hydrogen-bond donors (Lipinski definition) is 0. The van der Waals surface area contributed by atoms with Gasteiger partial charge >= 0.3 is 0 Å². The van der Waals surface area contributed by atoms with Crippen LogP contribution < -0.4 is 0 Å². The maximum Gasteiger partial charge on any atom is -0.0281 e. The third kappa shape index (κ3) is 2.67. The molecule has 0 N–H and O–H groups in total. The Hall–Kier alpha value is -0.780. The molecule has 0 aliphatic carbocycles. The predicted molar refractivity (Wildman–Crippen MR) is 47.2 cm³/mol. The average Bonchev–Trinajstić information content (AvgIpc) is 1.91. The van der Waals surface area contributed by atoms with Gasteiger partial charge in [-0.25, -0.2) is 0 Å². The second kappa shape index (κ2) is 5.04. The molecule has 0 saturated carbocycles. The lowest BCUT2D eigenvalue weighted by molar-refractivity contribution is 0.922. The Labute approximate surface area is 63.9 Å². The van der Waals surface area contributed by atoms with Crippen LogP contribution in [0.2, 0.25) is 0 Å². The molecule has 1 aromatic rings. The summed E-state index contributed by atoms with van der Waals surface area (Å²) in [5, 5.41) is 0. The van der Waals surface area contributed by atoms with Gasteiger partial charge in [-0.3, -0.25) is 0 Å². The molecule has 0 aliphatic rings. The lowest BCUT2D eigenvalue weighted by Gasteiger charge is -1.93. The first-order valence-corrected chi connectivity index (χ1v) is 3.47. The number of rotatable bonds is 2. The Kier molecular flexibility index (Phi) is 4.65. The molecule has 0 bridgehead atoms. The van der Waals surface area contributed by atoms with Crippen LogP contribution in [0.25, 0.3) is 0 Å². The van der Waals surface area contributed by atoms with Gasteiger partial charge in [0.15, 0.2) is 0 Å². The van der Waals surface area contributed by atoms with Gasteiger partial charge in [0.2, 0.25) is 0 Å². The Balaban J connectivity index is 0.000000810. The SMILES string of the molecule is C.CCCc1ccccc1. The molecule has 0 aromatic heterocycles. The third-order valence-corrected chi connectivity index (χ3v) is 1.38. The molecule has 0 unspecified atom stereocenters. The van der Waals surface area contributed by atoms with Gasteiger partial charge in [-0.15, -0.1) is 0 Å². The van der Waals surface area contributed by atoms with Crippen molar-refractivity contribution in [1.82, 2.24) is 0 Å². The van der Waals surface area contributed by atoms with Gasteiger partial charge < -0.3 is 0 Å². The molecule has 1 aromatic carbocycles. The van der Waals surface area contributed by atoms with Crippen molar-refractivity contribution < 1.29 is 0 Å². The molecule has 0 aliphatic heterocycles. The van der Waals surface area contributed by atoms with Gasteiger partial charge in [-0.2, -0.15) is 0 Å². The molecule has 0 atom stereocenters. The van der Waals surface area contributed by atoms with Crippen LogP contribution in [0.5, 0.6) is 0 Å². The van der Waals surface area contributed by atoms with E-state index in [1.165, 1.54) is 18.4 Å². The van der Waals surface area contributed by atoms with E-state index in [4.69, 9.17) is 0 Å². The zero-order valence-corrected chi connectivity index (χ0v) is 5.80. The topological polar surface area (TPSA) is 0 Å². The molecular weight excluding hydrogens is 120 g/mol. The first kappa shape index (κ1) is 9.22. The highest BCUT2D eigenvalue weighted by Crippen LogP contribution is 2.00. The molecule has 0 spiro atoms. The average molecular weight is 136 g/mol. The molecule has 0 saturated heterocycles.